The lowest BCUT2D eigenvalue weighted by molar-refractivity contribution is -0.134. The summed E-state index contributed by atoms with van der Waals surface area (Å²) in [5.41, 5.74) is 1.56. The largest absolute Gasteiger partial charge is 0.338 e. The summed E-state index contributed by atoms with van der Waals surface area (Å²) in [6.45, 7) is 4.67. The fourth-order valence-corrected chi connectivity index (χ4v) is 2.57. The van der Waals surface area contributed by atoms with Crippen molar-refractivity contribution in [2.45, 2.75) is 6.42 Å². The van der Waals surface area contributed by atoms with Crippen LogP contribution in [-0.2, 0) is 9.59 Å². The predicted octanol–water partition coefficient (Wildman–Crippen LogP) is 1.44. The second-order valence-electron chi connectivity index (χ2n) is 5.48. The van der Waals surface area contributed by atoms with Crippen LogP contribution in [0.5, 0.6) is 0 Å². The van der Waals surface area contributed by atoms with Crippen molar-refractivity contribution in [1.29, 1.82) is 0 Å². The van der Waals surface area contributed by atoms with E-state index in [1.54, 1.807) is 4.90 Å². The van der Waals surface area contributed by atoms with E-state index >= 15 is 0 Å². The van der Waals surface area contributed by atoms with Crippen molar-refractivity contribution >= 4 is 17.5 Å². The third-order valence-corrected chi connectivity index (χ3v) is 3.75. The Labute approximate surface area is 133 Å². The fourth-order valence-electron chi connectivity index (χ4n) is 2.57. The molecule has 0 radical (unpaired) electrons. The molecule has 2 amide bonds. The Morgan fingerprint density at radius 3 is 2.96 bits per heavy atom. The minimum absolute atomic E-state index is 0.0598. The number of benzene rings is 1. The van der Waals surface area contributed by atoms with Gasteiger partial charge >= 0.3 is 0 Å². The number of hydrogen-bond acceptors (Lipinski definition) is 4. The molecule has 1 aliphatic rings. The second-order valence-corrected chi connectivity index (χ2v) is 5.48. The molecule has 0 unspecified atom stereocenters. The molecule has 3 rings (SSSR count). The van der Waals surface area contributed by atoms with Crippen molar-refractivity contribution in [3.8, 4) is 11.4 Å². The van der Waals surface area contributed by atoms with Crippen molar-refractivity contribution in [2.75, 3.05) is 18.4 Å². The van der Waals surface area contributed by atoms with Gasteiger partial charge in [0, 0.05) is 36.7 Å². The molecule has 0 saturated carbocycles. The van der Waals surface area contributed by atoms with E-state index in [0.717, 1.165) is 5.56 Å². The van der Waals surface area contributed by atoms with Gasteiger partial charge in [0.15, 0.2) is 5.82 Å². The zero-order chi connectivity index (χ0) is 16.2. The summed E-state index contributed by atoms with van der Waals surface area (Å²) in [7, 11) is 0. The fraction of sp³-hybridized carbons (Fsp3) is 0.250. The Balaban J connectivity index is 1.54. The van der Waals surface area contributed by atoms with Gasteiger partial charge in [0.05, 0.1) is 0 Å². The number of rotatable bonds is 5. The van der Waals surface area contributed by atoms with Gasteiger partial charge in [0.2, 0.25) is 11.8 Å². The highest BCUT2D eigenvalue weighted by Gasteiger charge is 2.30. The highest BCUT2D eigenvalue weighted by atomic mass is 16.2. The highest BCUT2D eigenvalue weighted by Crippen LogP contribution is 2.22. The monoisotopic (exact) mass is 311 g/mol. The van der Waals surface area contributed by atoms with Gasteiger partial charge in [-0.25, -0.2) is 4.98 Å². The van der Waals surface area contributed by atoms with E-state index in [9.17, 15) is 9.59 Å². The van der Waals surface area contributed by atoms with Gasteiger partial charge in [-0.1, -0.05) is 18.7 Å². The first-order valence-electron chi connectivity index (χ1n) is 7.32. The van der Waals surface area contributed by atoms with E-state index in [0.29, 0.717) is 31.0 Å². The summed E-state index contributed by atoms with van der Waals surface area (Å²) in [6.07, 6.45) is 3.13. The van der Waals surface area contributed by atoms with Gasteiger partial charge in [0.25, 0.3) is 0 Å². The number of carbonyl (C=O) groups is 2. The number of amides is 2. The molecule has 118 valence electrons. The van der Waals surface area contributed by atoms with Gasteiger partial charge in [-0.2, -0.15) is 5.10 Å². The van der Waals surface area contributed by atoms with Crippen LogP contribution in [0, 0.1) is 5.92 Å². The lowest BCUT2D eigenvalue weighted by Crippen LogP contribution is -2.50. The number of anilines is 1. The van der Waals surface area contributed by atoms with Crippen LogP contribution in [0.25, 0.3) is 11.4 Å². The number of nitrogens with one attached hydrogen (secondary N) is 2. The first-order chi connectivity index (χ1) is 11.2. The molecule has 1 aromatic carbocycles. The quantitative estimate of drug-likeness (QED) is 0.818. The first kappa shape index (κ1) is 15.0. The topological polar surface area (TPSA) is 91.0 Å². The molecule has 1 fully saturated rings. The molecule has 1 aromatic heterocycles. The lowest BCUT2D eigenvalue weighted by atomic mass is 9.96. The molecule has 0 spiro atoms. The van der Waals surface area contributed by atoms with Crippen molar-refractivity contribution in [3.05, 3.63) is 43.2 Å². The molecule has 1 aliphatic heterocycles. The number of likely N-dealkylation sites (tertiary alicyclic amines) is 1. The molecule has 7 nitrogen and oxygen atoms in total. The molecular formula is C16H17N5O2. The van der Waals surface area contributed by atoms with Crippen molar-refractivity contribution in [1.82, 2.24) is 20.1 Å². The van der Waals surface area contributed by atoms with E-state index in [-0.39, 0.29) is 17.7 Å². The maximum atomic E-state index is 12.1. The SMILES string of the molecule is C=CC(=O)N1CC(CC(=O)Nc2cccc(-c3ncn[nH]3)c2)C1. The zero-order valence-corrected chi connectivity index (χ0v) is 12.5. The molecule has 1 saturated heterocycles. The van der Waals surface area contributed by atoms with Crippen molar-refractivity contribution in [3.63, 3.8) is 0 Å². The minimum atomic E-state index is -0.0820. The lowest BCUT2D eigenvalue weighted by Gasteiger charge is -2.38. The molecule has 7 heteroatoms. The smallest absolute Gasteiger partial charge is 0.245 e. The van der Waals surface area contributed by atoms with Crippen LogP contribution in [-0.4, -0.2) is 45.0 Å². The highest BCUT2D eigenvalue weighted by molar-refractivity contribution is 5.92. The third-order valence-electron chi connectivity index (χ3n) is 3.75. The first-order valence-corrected chi connectivity index (χ1v) is 7.32. The summed E-state index contributed by atoms with van der Waals surface area (Å²) in [5, 5.41) is 9.48. The maximum absolute atomic E-state index is 12.1. The van der Waals surface area contributed by atoms with Crippen LogP contribution in [0.1, 0.15) is 6.42 Å². The van der Waals surface area contributed by atoms with Crippen LogP contribution in [0.15, 0.2) is 43.2 Å². The second kappa shape index (κ2) is 6.43. The molecule has 0 atom stereocenters. The summed E-state index contributed by atoms with van der Waals surface area (Å²) in [5.74, 6) is 0.715. The van der Waals surface area contributed by atoms with Gasteiger partial charge in [-0.05, 0) is 18.2 Å². The van der Waals surface area contributed by atoms with Gasteiger partial charge in [-0.3, -0.25) is 14.7 Å². The molecule has 2 heterocycles. The molecule has 0 aliphatic carbocycles. The zero-order valence-electron chi connectivity index (χ0n) is 12.5. The summed E-state index contributed by atoms with van der Waals surface area (Å²) < 4.78 is 0. The summed E-state index contributed by atoms with van der Waals surface area (Å²) >= 11 is 0. The van der Waals surface area contributed by atoms with Crippen LogP contribution in [0.3, 0.4) is 0 Å². The minimum Gasteiger partial charge on any atom is -0.338 e. The molecule has 23 heavy (non-hydrogen) atoms. The average Bonchev–Trinajstić information content (AvgIpc) is 3.04. The van der Waals surface area contributed by atoms with E-state index in [1.165, 1.54) is 12.4 Å². The molecule has 0 bridgehead atoms. The maximum Gasteiger partial charge on any atom is 0.245 e. The normalized spacial score (nSPS) is 14.2. The van der Waals surface area contributed by atoms with Crippen LogP contribution >= 0.6 is 0 Å². The molecular weight excluding hydrogens is 294 g/mol. The Bertz CT molecular complexity index is 720. The third kappa shape index (κ3) is 3.45. The standard InChI is InChI=1S/C16H17N5O2/c1-2-15(23)21-8-11(9-21)6-14(22)19-13-5-3-4-12(7-13)16-17-10-18-20-16/h2-5,7,10-11H,1,6,8-9H2,(H,19,22)(H,17,18,20). The molecule has 2 aromatic rings. The number of H-pyrrole nitrogens is 1. The van der Waals surface area contributed by atoms with Crippen molar-refractivity contribution < 1.29 is 9.59 Å². The Morgan fingerprint density at radius 1 is 1.43 bits per heavy atom. The number of nitrogens with zero attached hydrogens (tertiary/aromatic N) is 3. The Kier molecular flexibility index (Phi) is 4.18. The van der Waals surface area contributed by atoms with E-state index in [4.69, 9.17) is 0 Å². The summed E-state index contributed by atoms with van der Waals surface area (Å²) in [4.78, 5) is 29.2. The Morgan fingerprint density at radius 2 is 2.26 bits per heavy atom. The van der Waals surface area contributed by atoms with Crippen LogP contribution < -0.4 is 5.32 Å². The van der Waals surface area contributed by atoms with E-state index < -0.39 is 0 Å². The van der Waals surface area contributed by atoms with Crippen molar-refractivity contribution in [2.24, 2.45) is 5.92 Å². The number of carbonyl (C=O) groups excluding carboxylic acids is 2. The van der Waals surface area contributed by atoms with Crippen LogP contribution in [0.2, 0.25) is 0 Å². The van der Waals surface area contributed by atoms with Gasteiger partial charge < -0.3 is 10.2 Å². The number of aromatic amines is 1. The van der Waals surface area contributed by atoms with Gasteiger partial charge in [-0.15, -0.1) is 0 Å². The predicted molar refractivity (Wildman–Crippen MR) is 85.3 cm³/mol. The van der Waals surface area contributed by atoms with E-state index in [2.05, 4.69) is 27.1 Å². The molecule has 2 N–H and O–H groups in total. The summed E-state index contributed by atoms with van der Waals surface area (Å²) in [6, 6.07) is 7.40. The number of aromatic nitrogens is 3. The van der Waals surface area contributed by atoms with E-state index in [1.807, 2.05) is 24.3 Å². The number of hydrogen-bond donors (Lipinski definition) is 2. The Hall–Kier alpha value is -2.96. The van der Waals surface area contributed by atoms with Crippen LogP contribution in [0.4, 0.5) is 5.69 Å². The average molecular weight is 311 g/mol. The van der Waals surface area contributed by atoms with Gasteiger partial charge in [0.1, 0.15) is 6.33 Å².